The molecule has 12 heteroatoms. The van der Waals surface area contributed by atoms with Gasteiger partial charge in [-0.1, -0.05) is 23.5 Å². The summed E-state index contributed by atoms with van der Waals surface area (Å²) in [5, 5.41) is 11.3. The number of nitrogens with zero attached hydrogens (tertiary/aromatic N) is 5. The molecular weight excluding hydrogens is 498 g/mol. The molecule has 0 spiro atoms. The molecule has 1 aliphatic rings. The Morgan fingerprint density at radius 2 is 1.89 bits per heavy atom. The van der Waals surface area contributed by atoms with E-state index < -0.39 is 10.9 Å². The number of carbonyl (C=O) groups excluding carboxylic acids is 2. The van der Waals surface area contributed by atoms with Crippen LogP contribution in [-0.2, 0) is 11.4 Å². The van der Waals surface area contributed by atoms with Gasteiger partial charge < -0.3 is 14.2 Å². The van der Waals surface area contributed by atoms with E-state index in [9.17, 15) is 24.5 Å². The van der Waals surface area contributed by atoms with Crippen molar-refractivity contribution in [2.45, 2.75) is 25.4 Å². The maximum Gasteiger partial charge on any atom is 0.338 e. The molecule has 3 heterocycles. The number of rotatable bonds is 6. The largest absolute Gasteiger partial charge is 0.465 e. The van der Waals surface area contributed by atoms with Crippen molar-refractivity contribution in [1.82, 2.24) is 19.0 Å². The predicted octanol–water partition coefficient (Wildman–Crippen LogP) is 3.48. The molecule has 5 rings (SSSR count). The minimum absolute atomic E-state index is 0.0375. The van der Waals surface area contributed by atoms with Gasteiger partial charge in [-0.05, 0) is 31.0 Å². The molecule has 0 saturated carbocycles. The fraction of sp³-hybridized carbons (Fsp3) is 0.280. The van der Waals surface area contributed by atoms with Gasteiger partial charge in [0.2, 0.25) is 0 Å². The van der Waals surface area contributed by atoms with Crippen LogP contribution in [0.3, 0.4) is 0 Å². The highest BCUT2D eigenvalue weighted by atomic mass is 32.1. The lowest BCUT2D eigenvalue weighted by Crippen LogP contribution is -2.38. The number of aromatic nitrogens is 3. The second-order valence-electron chi connectivity index (χ2n) is 8.74. The van der Waals surface area contributed by atoms with E-state index in [0.717, 1.165) is 22.1 Å². The quantitative estimate of drug-likeness (QED) is 0.216. The van der Waals surface area contributed by atoms with Gasteiger partial charge >= 0.3 is 10.8 Å². The molecule has 2 aromatic heterocycles. The van der Waals surface area contributed by atoms with E-state index in [-0.39, 0.29) is 33.5 Å². The molecule has 0 N–H and O–H groups in total. The van der Waals surface area contributed by atoms with Crippen LogP contribution in [0.5, 0.6) is 0 Å². The van der Waals surface area contributed by atoms with Crippen LogP contribution in [0.25, 0.3) is 10.2 Å². The van der Waals surface area contributed by atoms with Gasteiger partial charge in [-0.2, -0.15) is 0 Å². The topological polar surface area (TPSA) is 130 Å². The van der Waals surface area contributed by atoms with Crippen molar-refractivity contribution in [3.8, 4) is 0 Å². The van der Waals surface area contributed by atoms with E-state index in [1.165, 1.54) is 30.6 Å². The first-order chi connectivity index (χ1) is 17.9. The molecule has 0 aliphatic carbocycles. The third-order valence-electron chi connectivity index (χ3n) is 6.56. The summed E-state index contributed by atoms with van der Waals surface area (Å²) in [6.45, 7) is 1.20. The number of methoxy groups -OCH3 is 1. The van der Waals surface area contributed by atoms with Crippen molar-refractivity contribution in [1.29, 1.82) is 0 Å². The summed E-state index contributed by atoms with van der Waals surface area (Å²) in [6, 6.07) is 11.3. The van der Waals surface area contributed by atoms with Crippen LogP contribution >= 0.6 is 11.3 Å². The zero-order valence-corrected chi connectivity index (χ0v) is 20.7. The molecule has 1 aliphatic heterocycles. The molecule has 11 nitrogen and oxygen atoms in total. The van der Waals surface area contributed by atoms with E-state index in [2.05, 4.69) is 9.72 Å². The van der Waals surface area contributed by atoms with Crippen LogP contribution in [0.4, 0.5) is 5.69 Å². The second-order valence-corrected chi connectivity index (χ2v) is 9.74. The Hall–Kier alpha value is -4.32. The number of esters is 1. The summed E-state index contributed by atoms with van der Waals surface area (Å²) < 4.78 is 9.29. The molecule has 37 heavy (non-hydrogen) atoms. The Kier molecular flexibility index (Phi) is 6.57. The fourth-order valence-corrected chi connectivity index (χ4v) is 5.58. The minimum Gasteiger partial charge on any atom is -0.465 e. The summed E-state index contributed by atoms with van der Waals surface area (Å²) in [5.41, 5.74) is 0.548. The number of likely N-dealkylation sites (tertiary alicyclic amines) is 1. The summed E-state index contributed by atoms with van der Waals surface area (Å²) in [6.07, 6.45) is 4.84. The summed E-state index contributed by atoms with van der Waals surface area (Å²) >= 11 is 1.21. The number of piperidine rings is 1. The summed E-state index contributed by atoms with van der Waals surface area (Å²) in [5.74, 6) is -0.208. The number of amides is 1. The SMILES string of the molecule is COC(=O)c1cc(C(=O)N2CCC(c3nccn3Cn3c(=O)sc4ccccc43)CC2)cc([N+](=O)[O-])c1. The Labute approximate surface area is 214 Å². The number of thiazole rings is 1. The number of ether oxygens (including phenoxy) is 1. The van der Waals surface area contributed by atoms with E-state index in [0.29, 0.717) is 32.6 Å². The van der Waals surface area contributed by atoms with Gasteiger partial charge in [-0.25, -0.2) is 9.78 Å². The molecular formula is C25H23N5O6S. The van der Waals surface area contributed by atoms with Gasteiger partial charge in [0.15, 0.2) is 0 Å². The number of nitro groups is 1. The van der Waals surface area contributed by atoms with Gasteiger partial charge in [0.05, 0.1) is 27.8 Å². The number of benzene rings is 2. The molecule has 0 unspecified atom stereocenters. The Morgan fingerprint density at radius 1 is 1.16 bits per heavy atom. The van der Waals surface area contributed by atoms with Crippen molar-refractivity contribution in [3.05, 3.63) is 91.6 Å². The van der Waals surface area contributed by atoms with Crippen molar-refractivity contribution in [3.63, 3.8) is 0 Å². The molecule has 0 atom stereocenters. The first-order valence-corrected chi connectivity index (χ1v) is 12.4. The molecule has 0 bridgehead atoms. The van der Waals surface area contributed by atoms with Crippen molar-refractivity contribution in [2.24, 2.45) is 0 Å². The first kappa shape index (κ1) is 24.4. The standard InChI is InChI=1S/C25H23N5O6S/c1-36-24(32)18-12-17(13-19(14-18)30(34)35)23(31)27-9-6-16(7-10-27)22-26-8-11-28(22)15-29-20-4-2-3-5-21(20)37-25(29)33/h2-5,8,11-14,16H,6-7,9-10,15H2,1H3. The lowest BCUT2D eigenvalue weighted by atomic mass is 9.95. The number of carbonyl (C=O) groups is 2. The molecule has 190 valence electrons. The van der Waals surface area contributed by atoms with Crippen LogP contribution in [0.2, 0.25) is 0 Å². The lowest BCUT2D eigenvalue weighted by Gasteiger charge is -2.32. The highest BCUT2D eigenvalue weighted by molar-refractivity contribution is 7.16. The Balaban J connectivity index is 1.31. The number of hydrogen-bond acceptors (Lipinski definition) is 8. The summed E-state index contributed by atoms with van der Waals surface area (Å²) in [4.78, 5) is 54.5. The third kappa shape index (κ3) is 4.75. The molecule has 2 aromatic carbocycles. The monoisotopic (exact) mass is 521 g/mol. The van der Waals surface area contributed by atoms with E-state index >= 15 is 0 Å². The highest BCUT2D eigenvalue weighted by Gasteiger charge is 2.29. The molecule has 1 fully saturated rings. The zero-order valence-electron chi connectivity index (χ0n) is 19.9. The van der Waals surface area contributed by atoms with Gasteiger partial charge in [0.1, 0.15) is 12.5 Å². The van der Waals surface area contributed by atoms with Crippen LogP contribution < -0.4 is 4.87 Å². The Bertz CT molecular complexity index is 1560. The molecule has 1 saturated heterocycles. The van der Waals surface area contributed by atoms with Gasteiger partial charge in [-0.3, -0.25) is 24.3 Å². The number of fused-ring (bicyclic) bond motifs is 1. The number of hydrogen-bond donors (Lipinski definition) is 0. The number of imidazole rings is 1. The minimum atomic E-state index is -0.749. The van der Waals surface area contributed by atoms with E-state index in [1.807, 2.05) is 35.0 Å². The lowest BCUT2D eigenvalue weighted by molar-refractivity contribution is -0.384. The maximum absolute atomic E-state index is 13.2. The second kappa shape index (κ2) is 9.97. The van der Waals surface area contributed by atoms with E-state index in [1.54, 1.807) is 15.7 Å². The van der Waals surface area contributed by atoms with Crippen molar-refractivity contribution in [2.75, 3.05) is 20.2 Å². The fourth-order valence-electron chi connectivity index (χ4n) is 4.70. The maximum atomic E-state index is 13.2. The molecule has 4 aromatic rings. The average Bonchev–Trinajstić information content (AvgIpc) is 3.51. The number of non-ortho nitro benzene ring substituents is 1. The molecule has 0 radical (unpaired) electrons. The van der Waals surface area contributed by atoms with Crippen molar-refractivity contribution < 1.29 is 19.2 Å². The highest BCUT2D eigenvalue weighted by Crippen LogP contribution is 2.29. The van der Waals surface area contributed by atoms with Crippen LogP contribution in [0.1, 0.15) is 45.3 Å². The third-order valence-corrected chi connectivity index (χ3v) is 7.52. The zero-order chi connectivity index (χ0) is 26.1. The Morgan fingerprint density at radius 3 is 2.62 bits per heavy atom. The smallest absolute Gasteiger partial charge is 0.338 e. The number of nitro benzene ring substituents is 1. The number of para-hydroxylation sites is 1. The van der Waals surface area contributed by atoms with E-state index in [4.69, 9.17) is 0 Å². The average molecular weight is 522 g/mol. The van der Waals surface area contributed by atoms with Gasteiger partial charge in [0, 0.05) is 49.1 Å². The van der Waals surface area contributed by atoms with Crippen LogP contribution in [0, 0.1) is 10.1 Å². The predicted molar refractivity (Wildman–Crippen MR) is 136 cm³/mol. The van der Waals surface area contributed by atoms with Gasteiger partial charge in [-0.15, -0.1) is 0 Å². The summed E-state index contributed by atoms with van der Waals surface area (Å²) in [7, 11) is 1.18. The first-order valence-electron chi connectivity index (χ1n) is 11.6. The van der Waals surface area contributed by atoms with Crippen molar-refractivity contribution >= 4 is 39.1 Å². The van der Waals surface area contributed by atoms with Gasteiger partial charge in [0.25, 0.3) is 11.6 Å². The normalized spacial score (nSPS) is 14.1. The van der Waals surface area contributed by atoms with Crippen LogP contribution in [0.15, 0.2) is 59.7 Å². The molecule has 1 amide bonds. The van der Waals surface area contributed by atoms with Crippen LogP contribution in [-0.4, -0.2) is 56.0 Å².